The Morgan fingerprint density at radius 3 is 2.36 bits per heavy atom. The number of ether oxygens (including phenoxy) is 4. The Bertz CT molecular complexity index is 1410. The molecular weight excluding hydrogens is 591 g/mol. The van der Waals surface area contributed by atoms with Crippen molar-refractivity contribution < 1.29 is 41.8 Å². The number of halogens is 4. The first kappa shape index (κ1) is 29.2. The van der Waals surface area contributed by atoms with Crippen molar-refractivity contribution in [2.75, 3.05) is 20.8 Å². The first-order valence-electron chi connectivity index (χ1n) is 11.0. The number of nitro benzene ring substituents is 1. The summed E-state index contributed by atoms with van der Waals surface area (Å²) in [6.07, 6.45) is -3.46. The van der Waals surface area contributed by atoms with Crippen LogP contribution in [0.15, 0.2) is 58.1 Å². The second kappa shape index (κ2) is 12.5. The molecule has 39 heavy (non-hydrogen) atoms. The normalized spacial score (nSPS) is 11.3. The summed E-state index contributed by atoms with van der Waals surface area (Å²) in [5.41, 5.74) is 1.01. The fourth-order valence-corrected chi connectivity index (χ4v) is 3.80. The van der Waals surface area contributed by atoms with E-state index in [2.05, 4.69) is 26.5 Å². The monoisotopic (exact) mass is 611 g/mol. The lowest BCUT2D eigenvalue weighted by Gasteiger charge is -2.14. The topological polar surface area (TPSA) is 122 Å². The molecule has 0 atom stereocenters. The fraction of sp³-hybridized carbons (Fsp3) is 0.200. The number of nitrogens with one attached hydrogen (secondary N) is 1. The van der Waals surface area contributed by atoms with Crippen LogP contribution in [0.25, 0.3) is 0 Å². The number of hydrogen-bond donors (Lipinski definition) is 1. The van der Waals surface area contributed by atoms with Gasteiger partial charge in [-0.2, -0.15) is 18.3 Å². The van der Waals surface area contributed by atoms with Crippen LogP contribution in [0.1, 0.15) is 28.4 Å². The molecule has 0 aromatic heterocycles. The number of rotatable bonds is 10. The van der Waals surface area contributed by atoms with Gasteiger partial charge in [0, 0.05) is 11.6 Å². The fourth-order valence-electron chi connectivity index (χ4n) is 3.26. The average Bonchev–Trinajstić information content (AvgIpc) is 2.89. The lowest BCUT2D eigenvalue weighted by atomic mass is 10.1. The van der Waals surface area contributed by atoms with Crippen LogP contribution in [-0.4, -0.2) is 37.9 Å². The molecule has 1 N–H and O–H groups in total. The van der Waals surface area contributed by atoms with E-state index in [1.165, 1.54) is 38.6 Å². The van der Waals surface area contributed by atoms with Crippen LogP contribution >= 0.6 is 15.9 Å². The van der Waals surface area contributed by atoms with Crippen molar-refractivity contribution in [3.05, 3.63) is 79.8 Å². The molecule has 0 saturated carbocycles. The van der Waals surface area contributed by atoms with Gasteiger partial charge in [0.05, 0.1) is 42.0 Å². The molecule has 3 aromatic carbocycles. The molecule has 0 unspecified atom stereocenters. The predicted molar refractivity (Wildman–Crippen MR) is 138 cm³/mol. The van der Waals surface area contributed by atoms with Crippen molar-refractivity contribution in [3.63, 3.8) is 0 Å². The van der Waals surface area contributed by atoms with Crippen molar-refractivity contribution in [1.29, 1.82) is 0 Å². The number of hydrogen-bond acceptors (Lipinski definition) is 8. The van der Waals surface area contributed by atoms with Gasteiger partial charge in [-0.3, -0.25) is 14.9 Å². The van der Waals surface area contributed by atoms with Crippen LogP contribution in [0.4, 0.5) is 18.9 Å². The summed E-state index contributed by atoms with van der Waals surface area (Å²) >= 11 is 3.27. The number of carbonyl (C=O) groups excluding carboxylic acids is 1. The van der Waals surface area contributed by atoms with E-state index in [0.29, 0.717) is 35.8 Å². The van der Waals surface area contributed by atoms with E-state index >= 15 is 0 Å². The highest BCUT2D eigenvalue weighted by molar-refractivity contribution is 9.10. The quantitative estimate of drug-likeness (QED) is 0.161. The summed E-state index contributed by atoms with van der Waals surface area (Å²) in [6.45, 7) is 2.25. The van der Waals surface area contributed by atoms with Crippen LogP contribution < -0.4 is 24.4 Å². The Morgan fingerprint density at radius 2 is 1.74 bits per heavy atom. The van der Waals surface area contributed by atoms with Gasteiger partial charge in [0.1, 0.15) is 0 Å². The SMILES string of the molecule is CCOc1ccc(C(=O)N/N=C/c2cc(Br)c(Oc3ccc(C(F)(F)F)cc3[N+](=O)[O-])c(OC)c2)cc1OC. The number of benzene rings is 3. The maximum Gasteiger partial charge on any atom is 0.416 e. The third-order valence-corrected chi connectivity index (χ3v) is 5.64. The molecule has 3 rings (SSSR count). The summed E-state index contributed by atoms with van der Waals surface area (Å²) in [5.74, 6) is -0.0164. The second-order valence-electron chi connectivity index (χ2n) is 7.57. The number of methoxy groups -OCH3 is 2. The Morgan fingerprint density at radius 1 is 1.05 bits per heavy atom. The molecule has 0 bridgehead atoms. The van der Waals surface area contributed by atoms with E-state index in [1.807, 2.05) is 6.92 Å². The Hall–Kier alpha value is -4.33. The zero-order chi connectivity index (χ0) is 28.7. The average molecular weight is 612 g/mol. The molecule has 14 heteroatoms. The van der Waals surface area contributed by atoms with Crippen LogP contribution in [0.2, 0.25) is 0 Å². The van der Waals surface area contributed by atoms with Gasteiger partial charge in [0.2, 0.25) is 5.75 Å². The molecule has 10 nitrogen and oxygen atoms in total. The minimum atomic E-state index is -4.77. The van der Waals surface area contributed by atoms with E-state index in [4.69, 9.17) is 18.9 Å². The van der Waals surface area contributed by atoms with E-state index in [1.54, 1.807) is 12.1 Å². The Kier molecular flexibility index (Phi) is 9.35. The first-order chi connectivity index (χ1) is 18.5. The zero-order valence-corrected chi connectivity index (χ0v) is 22.3. The van der Waals surface area contributed by atoms with E-state index in [0.717, 1.165) is 6.07 Å². The van der Waals surface area contributed by atoms with Gasteiger partial charge in [0.15, 0.2) is 23.0 Å². The molecule has 0 heterocycles. The summed E-state index contributed by atoms with van der Waals surface area (Å²) in [4.78, 5) is 22.9. The van der Waals surface area contributed by atoms with Crippen LogP contribution in [0.5, 0.6) is 28.7 Å². The Balaban J connectivity index is 1.81. The van der Waals surface area contributed by atoms with Gasteiger partial charge in [0.25, 0.3) is 5.91 Å². The number of alkyl halides is 3. The minimum Gasteiger partial charge on any atom is -0.493 e. The molecule has 1 amide bonds. The van der Waals surface area contributed by atoms with E-state index in [-0.39, 0.29) is 21.5 Å². The minimum absolute atomic E-state index is 0.0250. The van der Waals surface area contributed by atoms with Gasteiger partial charge in [-0.25, -0.2) is 5.43 Å². The molecular formula is C25H21BrF3N3O7. The second-order valence-corrected chi connectivity index (χ2v) is 8.43. The summed E-state index contributed by atoms with van der Waals surface area (Å²) in [5, 5.41) is 15.3. The molecule has 0 aliphatic carbocycles. The highest BCUT2D eigenvalue weighted by Gasteiger charge is 2.33. The van der Waals surface area contributed by atoms with Crippen LogP contribution in [0, 0.1) is 10.1 Å². The number of carbonyl (C=O) groups is 1. The molecule has 206 valence electrons. The van der Waals surface area contributed by atoms with Gasteiger partial charge < -0.3 is 18.9 Å². The highest BCUT2D eigenvalue weighted by atomic mass is 79.9. The largest absolute Gasteiger partial charge is 0.493 e. The van der Waals surface area contributed by atoms with Gasteiger partial charge in [-0.15, -0.1) is 0 Å². The molecule has 0 fully saturated rings. The zero-order valence-electron chi connectivity index (χ0n) is 20.7. The van der Waals surface area contributed by atoms with Crippen LogP contribution in [-0.2, 0) is 6.18 Å². The molecule has 0 saturated heterocycles. The standard InChI is InChI=1S/C25H21BrF3N3O7/c1-4-38-20-7-5-15(11-21(20)36-2)24(33)31-30-13-14-9-17(26)23(22(10-14)37-3)39-19-8-6-16(25(27,28)29)12-18(19)32(34)35/h5-13H,4H2,1-3H3,(H,31,33)/b30-13+. The molecule has 0 radical (unpaired) electrons. The van der Waals surface area contributed by atoms with Crippen molar-refractivity contribution in [2.24, 2.45) is 5.10 Å². The van der Waals surface area contributed by atoms with Crippen molar-refractivity contribution in [3.8, 4) is 28.7 Å². The number of hydrazone groups is 1. The third-order valence-electron chi connectivity index (χ3n) is 5.05. The number of nitrogens with zero attached hydrogens (tertiary/aromatic N) is 2. The summed E-state index contributed by atoms with van der Waals surface area (Å²) in [6, 6.07) is 9.52. The summed E-state index contributed by atoms with van der Waals surface area (Å²) in [7, 11) is 2.75. The van der Waals surface area contributed by atoms with Crippen molar-refractivity contribution in [1.82, 2.24) is 5.43 Å². The van der Waals surface area contributed by atoms with Gasteiger partial charge in [-0.05, 0) is 70.9 Å². The highest BCUT2D eigenvalue weighted by Crippen LogP contribution is 2.43. The van der Waals surface area contributed by atoms with Gasteiger partial charge >= 0.3 is 11.9 Å². The maximum atomic E-state index is 13.0. The van der Waals surface area contributed by atoms with E-state index < -0.39 is 34.0 Å². The Labute approximate surface area is 228 Å². The third kappa shape index (κ3) is 7.16. The van der Waals surface area contributed by atoms with Gasteiger partial charge in [-0.1, -0.05) is 0 Å². The van der Waals surface area contributed by atoms with E-state index in [9.17, 15) is 28.1 Å². The number of amides is 1. The maximum absolute atomic E-state index is 13.0. The molecule has 0 aliphatic heterocycles. The van der Waals surface area contributed by atoms with Crippen molar-refractivity contribution >= 4 is 33.7 Å². The predicted octanol–water partition coefficient (Wildman–Crippen LogP) is 6.35. The lowest BCUT2D eigenvalue weighted by molar-refractivity contribution is -0.385. The number of nitro groups is 1. The van der Waals surface area contributed by atoms with Crippen LogP contribution in [0.3, 0.4) is 0 Å². The molecule has 0 spiro atoms. The van der Waals surface area contributed by atoms with Crippen molar-refractivity contribution in [2.45, 2.75) is 13.1 Å². The molecule has 0 aliphatic rings. The lowest BCUT2D eigenvalue weighted by Crippen LogP contribution is -2.17. The first-order valence-corrected chi connectivity index (χ1v) is 11.8. The molecule has 3 aromatic rings. The smallest absolute Gasteiger partial charge is 0.416 e. The summed E-state index contributed by atoms with van der Waals surface area (Å²) < 4.78 is 60.8.